The summed E-state index contributed by atoms with van der Waals surface area (Å²) >= 11 is 0. The highest BCUT2D eigenvalue weighted by atomic mass is 32.2. The molecule has 1 aliphatic rings. The van der Waals surface area contributed by atoms with E-state index in [9.17, 15) is 13.2 Å². The Kier molecular flexibility index (Phi) is 2.65. The molecule has 6 nitrogen and oxygen atoms in total. The lowest BCUT2D eigenvalue weighted by Crippen LogP contribution is -2.41. The van der Waals surface area contributed by atoms with Crippen LogP contribution >= 0.6 is 0 Å². The number of nitrogens with two attached hydrogens (primary N) is 1. The van der Waals surface area contributed by atoms with E-state index in [0.29, 0.717) is 0 Å². The van der Waals surface area contributed by atoms with Crippen LogP contribution in [-0.4, -0.2) is 26.9 Å². The average molecular weight is 193 g/mol. The summed E-state index contributed by atoms with van der Waals surface area (Å²) in [4.78, 5) is 10.2. The molecule has 0 spiro atoms. The van der Waals surface area contributed by atoms with Gasteiger partial charge in [0.25, 0.3) is 10.2 Å². The third-order valence-electron chi connectivity index (χ3n) is 1.34. The first-order valence-corrected chi connectivity index (χ1v) is 5.03. The summed E-state index contributed by atoms with van der Waals surface area (Å²) < 4.78 is 26.3. The van der Waals surface area contributed by atoms with Gasteiger partial charge in [-0.1, -0.05) is 0 Å². The molecule has 1 amide bonds. The van der Waals surface area contributed by atoms with E-state index in [1.807, 2.05) is 4.72 Å². The second-order valence-electron chi connectivity index (χ2n) is 2.68. The standard InChI is InChI=1S/C5H11N3O3S/c6-5(9)3-7-12(10,11)8-4-1-2-4/h4,7-8H,1-3H2,(H2,6,9). The number of amides is 1. The Balaban J connectivity index is 2.31. The molecule has 12 heavy (non-hydrogen) atoms. The van der Waals surface area contributed by atoms with E-state index in [1.165, 1.54) is 0 Å². The number of rotatable bonds is 5. The fourth-order valence-corrected chi connectivity index (χ4v) is 1.72. The third kappa shape index (κ3) is 3.65. The first kappa shape index (κ1) is 9.43. The van der Waals surface area contributed by atoms with Gasteiger partial charge in [-0.15, -0.1) is 0 Å². The van der Waals surface area contributed by atoms with Crippen LogP contribution in [0.4, 0.5) is 0 Å². The summed E-state index contributed by atoms with van der Waals surface area (Å²) in [5, 5.41) is 0. The van der Waals surface area contributed by atoms with Gasteiger partial charge in [-0.25, -0.2) is 0 Å². The highest BCUT2D eigenvalue weighted by Crippen LogP contribution is 2.19. The molecule has 0 radical (unpaired) electrons. The van der Waals surface area contributed by atoms with E-state index in [2.05, 4.69) is 4.72 Å². The van der Waals surface area contributed by atoms with Crippen molar-refractivity contribution < 1.29 is 13.2 Å². The molecular weight excluding hydrogens is 182 g/mol. The van der Waals surface area contributed by atoms with Crippen molar-refractivity contribution in [2.24, 2.45) is 5.73 Å². The zero-order chi connectivity index (χ0) is 9.19. The van der Waals surface area contributed by atoms with E-state index in [0.717, 1.165) is 12.8 Å². The molecule has 1 fully saturated rings. The Morgan fingerprint density at radius 2 is 2.08 bits per heavy atom. The summed E-state index contributed by atoms with van der Waals surface area (Å²) in [6.07, 6.45) is 1.72. The number of hydrogen-bond acceptors (Lipinski definition) is 3. The lowest BCUT2D eigenvalue weighted by Gasteiger charge is -2.04. The maximum absolute atomic E-state index is 11.0. The Morgan fingerprint density at radius 1 is 1.50 bits per heavy atom. The Hall–Kier alpha value is -0.660. The Labute approximate surface area is 70.7 Å². The van der Waals surface area contributed by atoms with Crippen LogP contribution in [0.5, 0.6) is 0 Å². The van der Waals surface area contributed by atoms with Gasteiger partial charge in [-0.2, -0.15) is 17.9 Å². The first-order valence-electron chi connectivity index (χ1n) is 3.55. The van der Waals surface area contributed by atoms with Crippen LogP contribution in [0.25, 0.3) is 0 Å². The Bertz CT molecular complexity index is 270. The SMILES string of the molecule is NC(=O)CNS(=O)(=O)NC1CC1. The predicted octanol–water partition coefficient (Wildman–Crippen LogP) is -1.94. The van der Waals surface area contributed by atoms with Crippen molar-refractivity contribution in [2.45, 2.75) is 18.9 Å². The van der Waals surface area contributed by atoms with Crippen molar-refractivity contribution in [2.75, 3.05) is 6.54 Å². The molecule has 0 aromatic heterocycles. The van der Waals surface area contributed by atoms with Crippen LogP contribution in [0.3, 0.4) is 0 Å². The largest absolute Gasteiger partial charge is 0.369 e. The van der Waals surface area contributed by atoms with Crippen molar-refractivity contribution in [1.82, 2.24) is 9.44 Å². The molecule has 0 saturated heterocycles. The molecule has 1 saturated carbocycles. The zero-order valence-electron chi connectivity index (χ0n) is 6.41. The number of nitrogens with one attached hydrogen (secondary N) is 2. The van der Waals surface area contributed by atoms with Crippen LogP contribution in [0, 0.1) is 0 Å². The van der Waals surface area contributed by atoms with Gasteiger partial charge >= 0.3 is 0 Å². The molecule has 0 heterocycles. The van der Waals surface area contributed by atoms with Crippen molar-refractivity contribution in [3.05, 3.63) is 0 Å². The van der Waals surface area contributed by atoms with Crippen LogP contribution in [-0.2, 0) is 15.0 Å². The summed E-state index contributed by atoms with van der Waals surface area (Å²) in [6, 6.07) is 0.0374. The number of primary amides is 1. The van der Waals surface area contributed by atoms with Gasteiger partial charge in [-0.05, 0) is 12.8 Å². The lowest BCUT2D eigenvalue weighted by atomic mass is 10.7. The fraction of sp³-hybridized carbons (Fsp3) is 0.800. The number of carbonyl (C=O) groups excluding carboxylic acids is 1. The molecule has 0 aliphatic heterocycles. The molecule has 0 unspecified atom stereocenters. The van der Waals surface area contributed by atoms with Crippen LogP contribution in [0.2, 0.25) is 0 Å². The van der Waals surface area contributed by atoms with Gasteiger partial charge in [0.05, 0.1) is 6.54 Å². The van der Waals surface area contributed by atoms with Gasteiger partial charge in [0.2, 0.25) is 5.91 Å². The Morgan fingerprint density at radius 3 is 2.50 bits per heavy atom. The monoisotopic (exact) mass is 193 g/mol. The number of hydrogen-bond donors (Lipinski definition) is 3. The van der Waals surface area contributed by atoms with Gasteiger partial charge in [-0.3, -0.25) is 4.79 Å². The topological polar surface area (TPSA) is 101 Å². The third-order valence-corrected chi connectivity index (χ3v) is 2.50. The van der Waals surface area contributed by atoms with Crippen molar-refractivity contribution in [1.29, 1.82) is 0 Å². The van der Waals surface area contributed by atoms with Crippen molar-refractivity contribution >= 4 is 16.1 Å². The van der Waals surface area contributed by atoms with Crippen LogP contribution in [0.15, 0.2) is 0 Å². The van der Waals surface area contributed by atoms with Crippen LogP contribution in [0.1, 0.15) is 12.8 Å². The van der Waals surface area contributed by atoms with E-state index in [1.54, 1.807) is 0 Å². The highest BCUT2D eigenvalue weighted by molar-refractivity contribution is 7.87. The van der Waals surface area contributed by atoms with Crippen molar-refractivity contribution in [3.8, 4) is 0 Å². The molecule has 0 aromatic rings. The summed E-state index contributed by atoms with van der Waals surface area (Å²) in [5.74, 6) is -0.698. The van der Waals surface area contributed by atoms with Gasteiger partial charge in [0.15, 0.2) is 0 Å². The quantitative estimate of drug-likeness (QED) is 0.473. The fourth-order valence-electron chi connectivity index (χ4n) is 0.628. The lowest BCUT2D eigenvalue weighted by molar-refractivity contribution is -0.116. The van der Waals surface area contributed by atoms with Gasteiger partial charge in [0, 0.05) is 6.04 Å². The van der Waals surface area contributed by atoms with Crippen LogP contribution < -0.4 is 15.2 Å². The minimum absolute atomic E-state index is 0.0374. The normalized spacial score (nSPS) is 17.7. The molecule has 4 N–H and O–H groups in total. The number of carbonyl (C=O) groups is 1. The molecule has 70 valence electrons. The van der Waals surface area contributed by atoms with E-state index >= 15 is 0 Å². The smallest absolute Gasteiger partial charge is 0.277 e. The maximum atomic E-state index is 11.0. The molecular formula is C5H11N3O3S. The molecule has 7 heteroatoms. The second-order valence-corrected chi connectivity index (χ2v) is 4.21. The zero-order valence-corrected chi connectivity index (χ0v) is 7.23. The summed E-state index contributed by atoms with van der Waals surface area (Å²) in [6.45, 7) is -0.359. The van der Waals surface area contributed by atoms with E-state index < -0.39 is 16.1 Å². The summed E-state index contributed by atoms with van der Waals surface area (Å²) in [7, 11) is -3.51. The minimum atomic E-state index is -3.51. The molecule has 0 aromatic carbocycles. The van der Waals surface area contributed by atoms with E-state index in [4.69, 9.17) is 5.73 Å². The second kappa shape index (κ2) is 3.38. The van der Waals surface area contributed by atoms with Gasteiger partial charge < -0.3 is 5.73 Å². The molecule has 1 aliphatic carbocycles. The predicted molar refractivity (Wildman–Crippen MR) is 42.3 cm³/mol. The highest BCUT2D eigenvalue weighted by Gasteiger charge is 2.26. The van der Waals surface area contributed by atoms with E-state index in [-0.39, 0.29) is 12.6 Å². The average Bonchev–Trinajstić information content (AvgIpc) is 2.67. The molecule has 0 bridgehead atoms. The molecule has 1 rings (SSSR count). The first-order chi connectivity index (χ1) is 5.49. The van der Waals surface area contributed by atoms with Gasteiger partial charge in [0.1, 0.15) is 0 Å². The van der Waals surface area contributed by atoms with Crippen molar-refractivity contribution in [3.63, 3.8) is 0 Å². The molecule has 0 atom stereocenters. The minimum Gasteiger partial charge on any atom is -0.369 e. The maximum Gasteiger partial charge on any atom is 0.277 e. The summed E-state index contributed by atoms with van der Waals surface area (Å²) in [5.41, 5.74) is 4.75.